The number of carboxylic acids is 1. The van der Waals surface area contributed by atoms with Gasteiger partial charge in [-0.05, 0) is 24.5 Å². The average Bonchev–Trinajstić information content (AvgIpc) is 2.36. The molecule has 0 radical (unpaired) electrons. The topological polar surface area (TPSA) is 95.5 Å². The number of hydrogen-bond acceptors (Lipinski definition) is 3. The Balaban J connectivity index is 2.72. The molecule has 3 N–H and O–H groups in total. The van der Waals surface area contributed by atoms with Gasteiger partial charge in [0.05, 0.1) is 0 Å². The van der Waals surface area contributed by atoms with Gasteiger partial charge in [0.15, 0.2) is 0 Å². The highest BCUT2D eigenvalue weighted by Gasteiger charge is 2.34. The van der Waals surface area contributed by atoms with Crippen LogP contribution in [0.1, 0.15) is 26.3 Å². The highest BCUT2D eigenvalue weighted by atomic mass is 16.4. The normalized spacial score (nSPS) is 12.4. The molecule has 0 fully saturated rings. The van der Waals surface area contributed by atoms with Crippen molar-refractivity contribution in [2.24, 2.45) is 5.41 Å². The zero-order valence-corrected chi connectivity index (χ0v) is 12.6. The zero-order chi connectivity index (χ0) is 16.2. The minimum absolute atomic E-state index is 0.475. The van der Waals surface area contributed by atoms with Crippen molar-refractivity contribution in [3.63, 3.8) is 0 Å². The van der Waals surface area contributed by atoms with Gasteiger partial charge in [0.2, 0.25) is 0 Å². The molecule has 0 heterocycles. The van der Waals surface area contributed by atoms with Crippen LogP contribution in [0.25, 0.3) is 0 Å². The number of carbonyl (C=O) groups is 3. The van der Waals surface area contributed by atoms with Crippen LogP contribution in [-0.4, -0.2) is 28.9 Å². The van der Waals surface area contributed by atoms with Crippen LogP contribution in [-0.2, 0) is 14.4 Å². The first kappa shape index (κ1) is 16.7. The number of hydrogen-bond donors (Lipinski definition) is 3. The van der Waals surface area contributed by atoms with Gasteiger partial charge in [-0.15, -0.1) is 0 Å². The lowest BCUT2D eigenvalue weighted by molar-refractivity contribution is -0.146. The van der Waals surface area contributed by atoms with Crippen molar-refractivity contribution < 1.29 is 19.5 Å². The lowest BCUT2D eigenvalue weighted by atomic mass is 9.87. The van der Waals surface area contributed by atoms with E-state index in [-0.39, 0.29) is 0 Å². The summed E-state index contributed by atoms with van der Waals surface area (Å²) >= 11 is 0. The third-order valence-corrected chi connectivity index (χ3v) is 2.90. The second-order valence-electron chi connectivity index (χ2n) is 5.93. The van der Waals surface area contributed by atoms with Gasteiger partial charge in [-0.3, -0.25) is 9.59 Å². The predicted octanol–water partition coefficient (Wildman–Crippen LogP) is 1.55. The van der Waals surface area contributed by atoms with E-state index >= 15 is 0 Å². The van der Waals surface area contributed by atoms with Gasteiger partial charge in [0, 0.05) is 5.69 Å². The zero-order valence-electron chi connectivity index (χ0n) is 12.6. The molecule has 0 bridgehead atoms. The first-order valence-corrected chi connectivity index (χ1v) is 6.52. The van der Waals surface area contributed by atoms with Crippen LogP contribution in [0.3, 0.4) is 0 Å². The predicted molar refractivity (Wildman–Crippen MR) is 78.8 cm³/mol. The Morgan fingerprint density at radius 3 is 2.00 bits per heavy atom. The molecule has 21 heavy (non-hydrogen) atoms. The molecule has 6 nitrogen and oxygen atoms in total. The Labute approximate surface area is 123 Å². The Morgan fingerprint density at radius 1 is 1.05 bits per heavy atom. The molecule has 0 saturated heterocycles. The molecular weight excluding hydrogens is 272 g/mol. The number of benzene rings is 1. The van der Waals surface area contributed by atoms with E-state index in [9.17, 15) is 14.4 Å². The molecule has 2 amide bonds. The standard InChI is InChI=1S/C15H20N2O4/c1-9-5-7-10(8-6-9)16-12(18)13(19)17-11(14(20)21)15(2,3)4/h5-8,11H,1-4H3,(H,16,18)(H,17,19)(H,20,21)/t11-/m1/s1. The minimum atomic E-state index is -1.18. The number of nitrogens with one attached hydrogen (secondary N) is 2. The third kappa shape index (κ3) is 4.91. The molecule has 114 valence electrons. The van der Waals surface area contributed by atoms with Crippen molar-refractivity contribution in [2.75, 3.05) is 5.32 Å². The molecule has 6 heteroatoms. The molecule has 0 aliphatic carbocycles. The van der Waals surface area contributed by atoms with Crippen molar-refractivity contribution >= 4 is 23.5 Å². The number of anilines is 1. The van der Waals surface area contributed by atoms with E-state index in [0.717, 1.165) is 5.56 Å². The van der Waals surface area contributed by atoms with Crippen LogP contribution < -0.4 is 10.6 Å². The highest BCUT2D eigenvalue weighted by Crippen LogP contribution is 2.19. The molecule has 0 saturated carbocycles. The number of rotatable bonds is 3. The second kappa shape index (κ2) is 6.39. The maximum atomic E-state index is 11.8. The SMILES string of the molecule is Cc1ccc(NC(=O)C(=O)N[C@H](C(=O)O)C(C)(C)C)cc1. The van der Waals surface area contributed by atoms with Crippen molar-refractivity contribution in [3.05, 3.63) is 29.8 Å². The number of aryl methyl sites for hydroxylation is 1. The van der Waals surface area contributed by atoms with E-state index < -0.39 is 29.2 Å². The van der Waals surface area contributed by atoms with Gasteiger partial charge >= 0.3 is 17.8 Å². The van der Waals surface area contributed by atoms with E-state index in [1.54, 1.807) is 45.0 Å². The van der Waals surface area contributed by atoms with Gasteiger partial charge in [-0.1, -0.05) is 38.5 Å². The molecule has 0 spiro atoms. The summed E-state index contributed by atoms with van der Waals surface area (Å²) in [7, 11) is 0. The van der Waals surface area contributed by atoms with Gasteiger partial charge in [-0.2, -0.15) is 0 Å². The van der Waals surface area contributed by atoms with Crippen molar-refractivity contribution in [1.82, 2.24) is 5.32 Å². The molecule has 1 rings (SSSR count). The molecule has 0 aliphatic heterocycles. The number of carboxylic acid groups (broad SMARTS) is 1. The first-order chi connectivity index (χ1) is 9.61. The fourth-order valence-electron chi connectivity index (χ4n) is 1.67. The molecule has 0 unspecified atom stereocenters. The summed E-state index contributed by atoms with van der Waals surface area (Å²) in [5, 5.41) is 13.8. The van der Waals surface area contributed by atoms with E-state index in [0.29, 0.717) is 5.69 Å². The van der Waals surface area contributed by atoms with Crippen LogP contribution in [0, 0.1) is 12.3 Å². The van der Waals surface area contributed by atoms with Crippen LogP contribution >= 0.6 is 0 Å². The van der Waals surface area contributed by atoms with Crippen LogP contribution in [0.4, 0.5) is 5.69 Å². The average molecular weight is 292 g/mol. The lowest BCUT2D eigenvalue weighted by Crippen LogP contribution is -2.52. The van der Waals surface area contributed by atoms with E-state index in [2.05, 4.69) is 10.6 Å². The molecule has 1 aromatic rings. The fourth-order valence-corrected chi connectivity index (χ4v) is 1.67. The maximum absolute atomic E-state index is 11.8. The van der Waals surface area contributed by atoms with E-state index in [4.69, 9.17) is 5.11 Å². The van der Waals surface area contributed by atoms with Crippen molar-refractivity contribution in [3.8, 4) is 0 Å². The third-order valence-electron chi connectivity index (χ3n) is 2.90. The summed E-state index contributed by atoms with van der Waals surface area (Å²) in [5.74, 6) is -3.05. The van der Waals surface area contributed by atoms with Crippen LogP contribution in [0.5, 0.6) is 0 Å². The fraction of sp³-hybridized carbons (Fsp3) is 0.400. The van der Waals surface area contributed by atoms with Gasteiger partial charge in [0.1, 0.15) is 6.04 Å². The summed E-state index contributed by atoms with van der Waals surface area (Å²) in [6, 6.07) is 5.78. The van der Waals surface area contributed by atoms with Crippen LogP contribution in [0.15, 0.2) is 24.3 Å². The molecular formula is C15H20N2O4. The number of aliphatic carboxylic acids is 1. The maximum Gasteiger partial charge on any atom is 0.326 e. The van der Waals surface area contributed by atoms with E-state index in [1.165, 1.54) is 0 Å². The summed E-state index contributed by atoms with van der Waals surface area (Å²) < 4.78 is 0. The monoisotopic (exact) mass is 292 g/mol. The molecule has 0 aliphatic rings. The van der Waals surface area contributed by atoms with Crippen molar-refractivity contribution in [1.29, 1.82) is 0 Å². The molecule has 1 aromatic carbocycles. The van der Waals surface area contributed by atoms with E-state index in [1.807, 2.05) is 6.92 Å². The summed E-state index contributed by atoms with van der Waals surface area (Å²) in [4.78, 5) is 34.7. The largest absolute Gasteiger partial charge is 0.480 e. The first-order valence-electron chi connectivity index (χ1n) is 6.52. The Morgan fingerprint density at radius 2 is 1.57 bits per heavy atom. The smallest absolute Gasteiger partial charge is 0.326 e. The van der Waals surface area contributed by atoms with Crippen LogP contribution in [0.2, 0.25) is 0 Å². The second-order valence-corrected chi connectivity index (χ2v) is 5.93. The Kier molecular flexibility index (Phi) is 5.07. The quantitative estimate of drug-likeness (QED) is 0.736. The Hall–Kier alpha value is -2.37. The Bertz CT molecular complexity index is 544. The summed E-state index contributed by atoms with van der Waals surface area (Å²) in [6.45, 7) is 6.91. The lowest BCUT2D eigenvalue weighted by Gasteiger charge is -2.27. The summed E-state index contributed by atoms with van der Waals surface area (Å²) in [6.07, 6.45) is 0. The van der Waals surface area contributed by atoms with Gasteiger partial charge in [0.25, 0.3) is 0 Å². The highest BCUT2D eigenvalue weighted by molar-refractivity contribution is 6.40. The van der Waals surface area contributed by atoms with Gasteiger partial charge < -0.3 is 15.7 Å². The molecule has 1 atom stereocenters. The van der Waals surface area contributed by atoms with Gasteiger partial charge in [-0.25, -0.2) is 4.79 Å². The molecule has 0 aromatic heterocycles. The van der Waals surface area contributed by atoms with Crippen molar-refractivity contribution in [2.45, 2.75) is 33.7 Å². The number of amides is 2. The number of carbonyl (C=O) groups excluding carboxylic acids is 2. The summed E-state index contributed by atoms with van der Waals surface area (Å²) in [5.41, 5.74) is 0.797. The minimum Gasteiger partial charge on any atom is -0.480 e.